The van der Waals surface area contributed by atoms with Crippen LogP contribution in [0.5, 0.6) is 11.5 Å². The van der Waals surface area contributed by atoms with Crippen LogP contribution in [0, 0.1) is 23.7 Å². The number of ether oxygens (including phenoxy) is 1. The molecule has 1 heterocycles. The normalized spacial score (nSPS) is 26.3. The van der Waals surface area contributed by atoms with Crippen LogP contribution >= 0.6 is 0 Å². The summed E-state index contributed by atoms with van der Waals surface area (Å²) in [5.74, 6) is -8.75. The molecular formula is C43H31F6NO6. The van der Waals surface area contributed by atoms with Gasteiger partial charge in [-0.05, 0) is 60.2 Å². The van der Waals surface area contributed by atoms with Crippen molar-refractivity contribution in [3.63, 3.8) is 0 Å². The first-order valence-electron chi connectivity index (χ1n) is 17.7. The summed E-state index contributed by atoms with van der Waals surface area (Å²) in [6.45, 7) is 0. The molecule has 0 spiro atoms. The van der Waals surface area contributed by atoms with Crippen LogP contribution in [-0.4, -0.2) is 35.6 Å². The number of nitrogens with zero attached hydrogens (tertiary/aromatic N) is 1. The summed E-state index contributed by atoms with van der Waals surface area (Å²) < 4.78 is 88.8. The minimum Gasteiger partial charge on any atom is -0.508 e. The summed E-state index contributed by atoms with van der Waals surface area (Å²) in [5, 5.41) is 11.6. The van der Waals surface area contributed by atoms with Crippen molar-refractivity contribution in [1.82, 2.24) is 0 Å². The first-order valence-corrected chi connectivity index (χ1v) is 17.7. The highest BCUT2D eigenvalue weighted by Crippen LogP contribution is 2.64. The number of amides is 2. The third-order valence-corrected chi connectivity index (χ3v) is 11.8. The predicted molar refractivity (Wildman–Crippen MR) is 190 cm³/mol. The quantitative estimate of drug-likeness (QED) is 0.124. The summed E-state index contributed by atoms with van der Waals surface area (Å²) in [6.07, 6.45) is -7.83. The fourth-order valence-electron chi connectivity index (χ4n) is 9.44. The van der Waals surface area contributed by atoms with E-state index in [1.165, 1.54) is 19.3 Å². The first kappa shape index (κ1) is 37.0. The molecule has 3 aliphatic carbocycles. The molecule has 13 heteroatoms. The highest BCUT2D eigenvalue weighted by Gasteiger charge is 2.66. The lowest BCUT2D eigenvalue weighted by Gasteiger charge is -2.55. The van der Waals surface area contributed by atoms with E-state index in [1.807, 2.05) is 0 Å². The van der Waals surface area contributed by atoms with Crippen LogP contribution in [0.15, 0.2) is 115 Å². The zero-order valence-corrected chi connectivity index (χ0v) is 29.4. The molecule has 2 fully saturated rings. The Kier molecular flexibility index (Phi) is 8.62. The summed E-state index contributed by atoms with van der Waals surface area (Å²) >= 11 is 0. The number of Topliss-reactive ketones (excluding diaryl/α,β-unsaturated/α-hetero) is 1. The van der Waals surface area contributed by atoms with Crippen LogP contribution in [0.4, 0.5) is 32.0 Å². The van der Waals surface area contributed by atoms with E-state index < -0.39 is 87.6 Å². The van der Waals surface area contributed by atoms with Crippen molar-refractivity contribution >= 4 is 34.6 Å². The van der Waals surface area contributed by atoms with Gasteiger partial charge < -0.3 is 9.84 Å². The molecule has 1 saturated carbocycles. The number of methoxy groups -OCH3 is 1. The van der Waals surface area contributed by atoms with E-state index in [2.05, 4.69) is 0 Å². The molecule has 6 atom stereocenters. The van der Waals surface area contributed by atoms with Gasteiger partial charge in [-0.2, -0.15) is 26.3 Å². The van der Waals surface area contributed by atoms with Crippen molar-refractivity contribution in [1.29, 1.82) is 0 Å². The van der Waals surface area contributed by atoms with Gasteiger partial charge in [0.05, 0.1) is 41.2 Å². The lowest BCUT2D eigenvalue weighted by Crippen LogP contribution is -2.58. The van der Waals surface area contributed by atoms with Gasteiger partial charge in [-0.1, -0.05) is 78.4 Å². The van der Waals surface area contributed by atoms with E-state index in [4.69, 9.17) is 4.74 Å². The van der Waals surface area contributed by atoms with Crippen molar-refractivity contribution in [2.24, 2.45) is 23.7 Å². The Labute approximate surface area is 315 Å². The van der Waals surface area contributed by atoms with Gasteiger partial charge in [-0.25, -0.2) is 4.90 Å². The predicted octanol–water partition coefficient (Wildman–Crippen LogP) is 8.47. The fraction of sp³-hybridized carbons (Fsp3) is 0.256. The third-order valence-electron chi connectivity index (χ3n) is 11.8. The van der Waals surface area contributed by atoms with E-state index >= 15 is 9.59 Å². The molecule has 7 nitrogen and oxygen atoms in total. The number of rotatable bonds is 5. The standard InChI is InChI=1S/C43H31F6NO6/c1-56-27-12-13-29(34(51)19-27)37-28-14-15-30-36(40(55)50(39(30)54)26-17-24(42(44,45)46)16-25(18-26)43(47,48)49)32(28)20-33-38(53)31(22-8-4-2-5-9-22)21-35(52)41(33,37)23-10-6-3-7-11-23/h2-14,16-19,21,30,32-33,36-37,51H,15,20H2,1H3. The number of aromatic hydroxyl groups is 1. The number of phenolic OH excluding ortho intramolecular Hbond substituents is 1. The maximum Gasteiger partial charge on any atom is 0.416 e. The molecular weight excluding hydrogens is 740 g/mol. The van der Waals surface area contributed by atoms with Gasteiger partial charge >= 0.3 is 12.4 Å². The number of anilines is 1. The van der Waals surface area contributed by atoms with Gasteiger partial charge in [-0.15, -0.1) is 0 Å². The SMILES string of the molecule is COc1ccc(C2C3=CCC4C(=O)N(c5cc(C(F)(F)F)cc(C(F)(F)F)c5)C(=O)C4C3CC3C(=O)C(c4ccccc4)=CC(=O)C32c2ccccc2)c(O)c1. The van der Waals surface area contributed by atoms with Gasteiger partial charge in [0, 0.05) is 29.0 Å². The molecule has 1 N–H and O–H groups in total. The molecule has 1 aliphatic heterocycles. The zero-order valence-electron chi connectivity index (χ0n) is 29.4. The minimum absolute atomic E-state index is 0.0823. The van der Waals surface area contributed by atoms with Crippen LogP contribution in [0.25, 0.3) is 5.57 Å². The second-order valence-electron chi connectivity index (χ2n) is 14.5. The number of phenols is 1. The zero-order chi connectivity index (χ0) is 39.9. The van der Waals surface area contributed by atoms with E-state index in [9.17, 15) is 41.0 Å². The number of hydrogen-bond acceptors (Lipinski definition) is 6. The Morgan fingerprint density at radius 2 is 1.39 bits per heavy atom. The summed E-state index contributed by atoms with van der Waals surface area (Å²) in [6, 6.07) is 22.1. The minimum atomic E-state index is -5.24. The number of benzene rings is 4. The first-order chi connectivity index (χ1) is 26.6. The average molecular weight is 772 g/mol. The molecule has 286 valence electrons. The molecule has 0 bridgehead atoms. The van der Waals surface area contributed by atoms with Gasteiger partial charge in [0.15, 0.2) is 11.6 Å². The monoisotopic (exact) mass is 771 g/mol. The number of hydrogen-bond donors (Lipinski definition) is 1. The summed E-state index contributed by atoms with van der Waals surface area (Å²) in [5.41, 5.74) is -4.27. The number of carbonyl (C=O) groups excluding carboxylic acids is 4. The molecule has 4 aromatic carbocycles. The number of fused-ring (bicyclic) bond motifs is 4. The van der Waals surface area contributed by atoms with E-state index in [1.54, 1.807) is 78.9 Å². The Bertz CT molecular complexity index is 2340. The van der Waals surface area contributed by atoms with Crippen molar-refractivity contribution in [3.8, 4) is 11.5 Å². The van der Waals surface area contributed by atoms with Gasteiger partial charge in [0.1, 0.15) is 11.5 Å². The number of allylic oxidation sites excluding steroid dienone is 4. The molecule has 0 radical (unpaired) electrons. The Morgan fingerprint density at radius 1 is 0.768 bits per heavy atom. The molecule has 8 rings (SSSR count). The van der Waals surface area contributed by atoms with E-state index in [-0.39, 0.29) is 41.5 Å². The maximum absolute atomic E-state index is 15.1. The van der Waals surface area contributed by atoms with E-state index in [0.717, 1.165) is 0 Å². The Hall–Kier alpha value is -5.98. The smallest absolute Gasteiger partial charge is 0.416 e. The summed E-state index contributed by atoms with van der Waals surface area (Å²) in [4.78, 5) is 59.1. The van der Waals surface area contributed by atoms with Crippen LogP contribution < -0.4 is 9.64 Å². The van der Waals surface area contributed by atoms with Crippen molar-refractivity contribution in [2.45, 2.75) is 36.5 Å². The van der Waals surface area contributed by atoms with Gasteiger partial charge in [0.2, 0.25) is 11.8 Å². The van der Waals surface area contributed by atoms with Crippen molar-refractivity contribution in [3.05, 3.63) is 143 Å². The van der Waals surface area contributed by atoms with E-state index in [0.29, 0.717) is 33.7 Å². The second-order valence-corrected chi connectivity index (χ2v) is 14.5. The Balaban J connectivity index is 1.34. The van der Waals surface area contributed by atoms with Crippen LogP contribution in [0.1, 0.15) is 46.6 Å². The lowest BCUT2D eigenvalue weighted by molar-refractivity contribution is -0.143. The number of carbonyl (C=O) groups is 4. The molecule has 1 saturated heterocycles. The molecule has 6 unspecified atom stereocenters. The highest BCUT2D eigenvalue weighted by molar-refractivity contribution is 6.32. The number of ketones is 2. The van der Waals surface area contributed by atoms with Crippen molar-refractivity contribution in [2.75, 3.05) is 12.0 Å². The Morgan fingerprint density at radius 3 is 1.98 bits per heavy atom. The molecule has 56 heavy (non-hydrogen) atoms. The topological polar surface area (TPSA) is 101 Å². The fourth-order valence-corrected chi connectivity index (χ4v) is 9.44. The summed E-state index contributed by atoms with van der Waals surface area (Å²) in [7, 11) is 1.39. The highest BCUT2D eigenvalue weighted by atomic mass is 19.4. The lowest BCUT2D eigenvalue weighted by atomic mass is 9.44. The number of halogens is 6. The largest absolute Gasteiger partial charge is 0.508 e. The van der Waals surface area contributed by atoms with Gasteiger partial charge in [-0.3, -0.25) is 19.2 Å². The molecule has 0 aromatic heterocycles. The van der Waals surface area contributed by atoms with Crippen LogP contribution in [0.3, 0.4) is 0 Å². The second kappa shape index (κ2) is 13.1. The molecule has 4 aromatic rings. The average Bonchev–Trinajstić information content (AvgIpc) is 3.44. The van der Waals surface area contributed by atoms with Crippen molar-refractivity contribution < 1.29 is 55.4 Å². The van der Waals surface area contributed by atoms with Crippen LogP contribution in [0.2, 0.25) is 0 Å². The van der Waals surface area contributed by atoms with Gasteiger partial charge in [0.25, 0.3) is 0 Å². The van der Waals surface area contributed by atoms with Crippen LogP contribution in [-0.2, 0) is 36.9 Å². The number of imide groups is 1. The number of alkyl halides is 6. The molecule has 4 aliphatic rings. The third kappa shape index (κ3) is 5.57. The maximum atomic E-state index is 15.1. The molecule has 2 amide bonds.